The van der Waals surface area contributed by atoms with Gasteiger partial charge in [-0.1, -0.05) is 111 Å². The zero-order valence-corrected chi connectivity index (χ0v) is 74.1. The number of aromatic amines is 5. The van der Waals surface area contributed by atoms with Crippen molar-refractivity contribution in [1.82, 2.24) is 94.3 Å². The molecule has 10 aromatic rings. The summed E-state index contributed by atoms with van der Waals surface area (Å²) in [5.41, 5.74) is 9.55. The van der Waals surface area contributed by atoms with Gasteiger partial charge >= 0.3 is 0 Å². The average Bonchev–Trinajstić information content (AvgIpc) is 1.66. The summed E-state index contributed by atoms with van der Waals surface area (Å²) in [6.07, 6.45) is 46.1. The molecule has 0 bridgehead atoms. The Hall–Kier alpha value is -12.8. The van der Waals surface area contributed by atoms with E-state index in [4.69, 9.17) is 0 Å². The molecule has 4 aliphatic carbocycles. The van der Waals surface area contributed by atoms with Crippen molar-refractivity contribution in [3.05, 3.63) is 160 Å². The number of carbonyl (C=O) groups is 8. The van der Waals surface area contributed by atoms with Crippen molar-refractivity contribution in [1.29, 1.82) is 0 Å². The molecule has 0 radical (unpaired) electrons. The number of hydrogen-bond donors (Lipinski definition) is 10. The van der Waals surface area contributed by atoms with Crippen molar-refractivity contribution in [2.75, 3.05) is 92.0 Å². The van der Waals surface area contributed by atoms with Gasteiger partial charge in [-0.05, 0) is 193 Å². The van der Waals surface area contributed by atoms with E-state index in [1.54, 1.807) is 39.6 Å². The number of carbonyl (C=O) groups excluding carboxylic acids is 8. The lowest BCUT2D eigenvalue weighted by atomic mass is 9.80. The number of fused-ring (bicyclic) bond motifs is 5. The second kappa shape index (κ2) is 47.0. The Morgan fingerprint density at radius 3 is 1.08 bits per heavy atom. The van der Waals surface area contributed by atoms with Gasteiger partial charge < -0.3 is 76.0 Å². The van der Waals surface area contributed by atoms with Gasteiger partial charge in [-0.25, -0.2) is 44.9 Å². The van der Waals surface area contributed by atoms with Crippen LogP contribution in [0.25, 0.3) is 55.2 Å². The smallest absolute Gasteiger partial charge is 0.246 e. The summed E-state index contributed by atoms with van der Waals surface area (Å²) in [6, 6.07) is 2.74. The van der Waals surface area contributed by atoms with E-state index in [9.17, 15) is 38.4 Å². The van der Waals surface area contributed by atoms with Crippen LogP contribution in [0.5, 0.6) is 0 Å². The lowest BCUT2D eigenvalue weighted by molar-refractivity contribution is -0.128. The van der Waals surface area contributed by atoms with Gasteiger partial charge in [-0.3, -0.25) is 38.4 Å². The number of piperidine rings is 5. The van der Waals surface area contributed by atoms with E-state index in [1.807, 2.05) is 29.8 Å². The highest BCUT2D eigenvalue weighted by Crippen LogP contribution is 2.41. The predicted octanol–water partition coefficient (Wildman–Crippen LogP) is 17.1. The van der Waals surface area contributed by atoms with Crippen LogP contribution in [0.4, 0.5) is 29.0 Å². The third kappa shape index (κ3) is 24.6. The molecule has 19 rings (SSSR count). The van der Waals surface area contributed by atoms with E-state index in [0.717, 1.165) is 198 Å². The van der Waals surface area contributed by atoms with E-state index >= 15 is 0 Å². The van der Waals surface area contributed by atoms with Crippen LogP contribution in [0.1, 0.15) is 229 Å². The number of pyridine rings is 1. The number of hydrogen-bond acceptors (Lipinski definition) is 22. The molecule has 5 amide bonds. The van der Waals surface area contributed by atoms with E-state index < -0.39 is 0 Å². The highest BCUT2D eigenvalue weighted by Gasteiger charge is 2.37. The van der Waals surface area contributed by atoms with Crippen molar-refractivity contribution in [2.45, 2.75) is 230 Å². The summed E-state index contributed by atoms with van der Waals surface area (Å²) in [7, 11) is 0. The standard InChI is InChI=1S/C20H25N5O2.C20H27N5O2.C19H23N5O2.C19H24N4O.C18H23N5O.5CH4/c1-3-16(26)25-8-7-12(2)15(10-25)24-20-17-14(18(27)13-5-4-6-13)9-21-19(17)22-11-23-20;1-5-17(27)25-7-6-13(4)15(10-25)24-20-18-14(16(26)8-12(2)3)9-21-19(18)22-11-23-20;1-2-15(25)24-8-4-7-13(10-24)23-19-16-14(17(26)12-5-3-6-12)9-20-18(16)21-11-22-19;1-2-17(24)23-9-3-4-15(12-23)22-16-7-8-20-19-18(16)14(11-21-19)10-13-5-6-13;1-2-15(24)23-7-3-4-14(10-23)22-18-16-13(8-12-5-6-12)9-19-17(16)20-11-21-18;;;;;/h3,9,11-13,15H,1,4-8,10H2,2H3,(H2,21,22,23,24);5,9,11-13,15H,1,6-8,10H2,2-4H3,(H2,21,22,23,24);2,9,11-13H,1,3-8,10H2,(H2,20,21,22,23);2,7-8,11,13,15H,1,3-6,9-10,12H2,(H2,20,21,22);2,9,11-12,14H,1,3-8,10H2,(H2,19,20,21,22);5*1H4/t12-,15+;13-,15+;13-;15-;14-;;;;;/m11111...../s1. The first-order valence-electron chi connectivity index (χ1n) is 45.9. The molecule has 10 N–H and O–H groups in total. The molecular formula is C101H142N24O8. The quantitative estimate of drug-likeness (QED) is 0.0178. The number of ketones is 3. The molecule has 5 saturated heterocycles. The van der Waals surface area contributed by atoms with E-state index in [-0.39, 0.29) is 132 Å². The minimum atomic E-state index is -0.0593. The number of Topliss-reactive ketones (excluding diaryl/α,β-unsaturated/α-hetero) is 3. The summed E-state index contributed by atoms with van der Waals surface area (Å²) in [5, 5.41) is 22.2. The lowest BCUT2D eigenvalue weighted by Crippen LogP contribution is -2.48. The first-order valence-corrected chi connectivity index (χ1v) is 45.9. The Morgan fingerprint density at radius 1 is 0.376 bits per heavy atom. The third-order valence-corrected chi connectivity index (χ3v) is 26.7. The van der Waals surface area contributed by atoms with Crippen LogP contribution in [0, 0.1) is 41.4 Å². The van der Waals surface area contributed by atoms with Crippen molar-refractivity contribution in [3.8, 4) is 0 Å². The molecule has 0 aromatic carbocycles. The Balaban J connectivity index is 0.000000171. The minimum Gasteiger partial charge on any atom is -0.380 e. The maximum absolute atomic E-state index is 12.8. The summed E-state index contributed by atoms with van der Waals surface area (Å²) in [4.78, 5) is 162. The zero-order chi connectivity index (χ0) is 89.6. The van der Waals surface area contributed by atoms with Crippen molar-refractivity contribution in [2.24, 2.45) is 41.4 Å². The van der Waals surface area contributed by atoms with Crippen LogP contribution < -0.4 is 26.6 Å². The van der Waals surface area contributed by atoms with Gasteiger partial charge in [0.1, 0.15) is 76.8 Å². The Labute approximate surface area is 782 Å². The summed E-state index contributed by atoms with van der Waals surface area (Å²) in [5.74, 6) is 6.07. The highest BCUT2D eigenvalue weighted by molar-refractivity contribution is 6.13. The SMILES string of the molecule is C.C.C.C.C.C=CC(=O)N1CCC[C@@H](Nc2ccnc3[nH]cc(CC4CC4)c23)C1.C=CC(=O)N1CCC[C@@H](Nc2ncnc3[nH]cc(C(=O)C4CCC4)c23)C1.C=CC(=O)N1CCC[C@@H](Nc2ncnc3[nH]cc(CC4CC4)c23)C1.C=CC(=O)N1CC[C@@H](C)[C@@H](Nc2ncnc3[nH]cc(C(=O)C4CCC4)c23)C1.C=CC(=O)N1CC[C@@H](C)[C@@H](Nc2ncnc3[nH]cc(C(=O)CC(C)C)c23)C1. The first-order chi connectivity index (χ1) is 62.1. The number of amides is 5. The number of nitrogens with one attached hydrogen (secondary N) is 10. The second-order valence-corrected chi connectivity index (χ2v) is 36.3. The molecular weight excluding hydrogens is 1680 g/mol. The predicted molar refractivity (Wildman–Crippen MR) is 531 cm³/mol. The summed E-state index contributed by atoms with van der Waals surface area (Å²) < 4.78 is 0. The fourth-order valence-electron chi connectivity index (χ4n) is 18.5. The Bertz CT molecular complexity index is 5600. The van der Waals surface area contributed by atoms with Gasteiger partial charge in [0.25, 0.3) is 0 Å². The Morgan fingerprint density at radius 2 is 0.707 bits per heavy atom. The van der Waals surface area contributed by atoms with Crippen LogP contribution >= 0.6 is 0 Å². The maximum Gasteiger partial charge on any atom is 0.246 e. The number of nitrogens with zero attached hydrogens (tertiary/aromatic N) is 14. The largest absolute Gasteiger partial charge is 0.380 e. The zero-order valence-electron chi connectivity index (χ0n) is 74.1. The molecule has 133 heavy (non-hydrogen) atoms. The van der Waals surface area contributed by atoms with E-state index in [2.05, 4.69) is 162 Å². The fourth-order valence-corrected chi connectivity index (χ4v) is 18.5. The van der Waals surface area contributed by atoms with Gasteiger partial charge in [0.15, 0.2) is 17.3 Å². The van der Waals surface area contributed by atoms with Gasteiger partial charge in [0.2, 0.25) is 29.5 Å². The monoisotopic (exact) mass is 1820 g/mol. The van der Waals surface area contributed by atoms with Crippen molar-refractivity contribution >= 4 is 131 Å². The molecule has 5 aliphatic heterocycles. The molecule has 32 nitrogen and oxygen atoms in total. The van der Waals surface area contributed by atoms with Gasteiger partial charge in [-0.2, -0.15) is 0 Å². The number of anilines is 5. The normalized spacial score (nSPS) is 20.4. The van der Waals surface area contributed by atoms with Crippen molar-refractivity contribution in [3.63, 3.8) is 0 Å². The number of H-pyrrole nitrogens is 5. The van der Waals surface area contributed by atoms with Crippen molar-refractivity contribution < 1.29 is 38.4 Å². The molecule has 7 atom stereocenters. The van der Waals surface area contributed by atoms with Gasteiger partial charge in [-0.15, -0.1) is 0 Å². The summed E-state index contributed by atoms with van der Waals surface area (Å²) >= 11 is 0. The highest BCUT2D eigenvalue weighted by atomic mass is 16.2. The number of likely N-dealkylation sites (tertiary alicyclic amines) is 5. The molecule has 9 fully saturated rings. The van der Waals surface area contributed by atoms with Crippen LogP contribution in [-0.4, -0.2) is 237 Å². The first kappa shape index (κ1) is 102. The summed E-state index contributed by atoms with van der Waals surface area (Å²) in [6.45, 7) is 33.3. The topological polar surface area (TPSA) is 408 Å². The fraction of sp³-hybridized carbons (Fsp3) is 0.515. The molecule has 32 heteroatoms. The van der Waals surface area contributed by atoms with Gasteiger partial charge in [0.05, 0.1) is 21.5 Å². The molecule has 15 heterocycles. The molecule has 0 unspecified atom stereocenters. The second-order valence-electron chi connectivity index (χ2n) is 36.3. The maximum atomic E-state index is 12.8. The molecule has 10 aromatic heterocycles. The third-order valence-electron chi connectivity index (χ3n) is 26.7. The lowest BCUT2D eigenvalue weighted by Gasteiger charge is -2.37. The van der Waals surface area contributed by atoms with E-state index in [0.29, 0.717) is 95.5 Å². The van der Waals surface area contributed by atoms with Crippen LogP contribution in [0.2, 0.25) is 0 Å². The van der Waals surface area contributed by atoms with Gasteiger partial charge in [0, 0.05) is 179 Å². The van der Waals surface area contributed by atoms with Crippen LogP contribution in [0.3, 0.4) is 0 Å². The molecule has 9 aliphatic rings. The van der Waals surface area contributed by atoms with Crippen LogP contribution in [-0.2, 0) is 36.8 Å². The molecule has 0 spiro atoms. The molecule has 714 valence electrons. The number of aromatic nitrogens is 14. The average molecular weight is 1820 g/mol. The van der Waals surface area contributed by atoms with E-state index in [1.165, 1.54) is 91.6 Å². The number of rotatable bonds is 26. The minimum absolute atomic E-state index is 0. The molecule has 4 saturated carbocycles. The Kier molecular flexibility index (Phi) is 36.2. The van der Waals surface area contributed by atoms with Crippen LogP contribution in [0.15, 0.2) is 132 Å².